The van der Waals surface area contributed by atoms with Crippen molar-refractivity contribution in [3.63, 3.8) is 0 Å². The Morgan fingerprint density at radius 2 is 2.11 bits per heavy atom. The average Bonchev–Trinajstić information content (AvgIpc) is 2.32. The fourth-order valence-corrected chi connectivity index (χ4v) is 1.95. The van der Waals surface area contributed by atoms with Crippen LogP contribution in [0.15, 0.2) is 36.5 Å². The Kier molecular flexibility index (Phi) is 3.79. The Hall–Kier alpha value is -1.65. The molecule has 0 atom stereocenters. The zero-order valence-corrected chi connectivity index (χ0v) is 11.3. The van der Waals surface area contributed by atoms with Crippen molar-refractivity contribution >= 4 is 40.2 Å². The van der Waals surface area contributed by atoms with E-state index in [9.17, 15) is 0 Å². The van der Waals surface area contributed by atoms with E-state index in [1.54, 1.807) is 24.4 Å². The molecule has 92 valence electrons. The molecule has 0 spiro atoms. The third kappa shape index (κ3) is 2.78. The molecule has 0 amide bonds. The number of pyridine rings is 1. The number of anilines is 2. The van der Waals surface area contributed by atoms with Crippen molar-refractivity contribution in [1.82, 2.24) is 4.98 Å². The molecule has 0 aliphatic carbocycles. The Morgan fingerprint density at radius 3 is 2.78 bits per heavy atom. The summed E-state index contributed by atoms with van der Waals surface area (Å²) in [5.74, 6) is 0. The number of nitrogens with zero attached hydrogens (tertiary/aromatic N) is 1. The van der Waals surface area contributed by atoms with Crippen LogP contribution < -0.4 is 11.1 Å². The van der Waals surface area contributed by atoms with Gasteiger partial charge in [0.15, 0.2) is 0 Å². The molecule has 1 heterocycles. The van der Waals surface area contributed by atoms with E-state index in [4.69, 9.17) is 29.6 Å². The van der Waals surface area contributed by atoms with Crippen LogP contribution in [0.5, 0.6) is 0 Å². The molecule has 0 saturated carbocycles. The van der Waals surface area contributed by atoms with Crippen molar-refractivity contribution in [2.45, 2.75) is 6.92 Å². The minimum atomic E-state index is 0.329. The summed E-state index contributed by atoms with van der Waals surface area (Å²) in [6.45, 7) is 1.92. The maximum absolute atomic E-state index is 5.99. The summed E-state index contributed by atoms with van der Waals surface area (Å²) >= 11 is 11.0. The maximum atomic E-state index is 5.99. The first-order valence-electron chi connectivity index (χ1n) is 5.36. The van der Waals surface area contributed by atoms with Crippen molar-refractivity contribution in [3.8, 4) is 0 Å². The smallest absolute Gasteiger partial charge is 0.106 e. The van der Waals surface area contributed by atoms with Gasteiger partial charge >= 0.3 is 0 Å². The van der Waals surface area contributed by atoms with Crippen molar-refractivity contribution in [1.29, 1.82) is 0 Å². The van der Waals surface area contributed by atoms with Crippen LogP contribution in [-0.2, 0) is 0 Å². The molecule has 0 bridgehead atoms. The summed E-state index contributed by atoms with van der Waals surface area (Å²) in [5, 5.41) is 3.87. The minimum Gasteiger partial charge on any atom is -0.389 e. The van der Waals surface area contributed by atoms with Gasteiger partial charge in [0, 0.05) is 16.8 Å². The van der Waals surface area contributed by atoms with Gasteiger partial charge in [-0.15, -0.1) is 0 Å². The van der Waals surface area contributed by atoms with Crippen molar-refractivity contribution in [3.05, 3.63) is 52.8 Å². The number of hydrogen-bond acceptors (Lipinski definition) is 3. The number of hydrogen-bond donors (Lipinski definition) is 2. The van der Waals surface area contributed by atoms with Crippen LogP contribution in [0.3, 0.4) is 0 Å². The highest BCUT2D eigenvalue weighted by Gasteiger charge is 2.07. The monoisotopic (exact) mass is 277 g/mol. The largest absolute Gasteiger partial charge is 0.389 e. The minimum absolute atomic E-state index is 0.329. The lowest BCUT2D eigenvalue weighted by Gasteiger charge is -2.13. The number of thiocarbonyl (C=S) groups is 1. The van der Waals surface area contributed by atoms with E-state index in [-0.39, 0.29) is 0 Å². The van der Waals surface area contributed by atoms with Crippen LogP contribution in [0, 0.1) is 6.92 Å². The van der Waals surface area contributed by atoms with Crippen molar-refractivity contribution < 1.29 is 0 Å². The number of benzene rings is 1. The molecule has 0 fully saturated rings. The predicted molar refractivity (Wildman–Crippen MR) is 79.6 cm³/mol. The van der Waals surface area contributed by atoms with Gasteiger partial charge < -0.3 is 11.1 Å². The molecule has 5 heteroatoms. The molecule has 0 aliphatic rings. The van der Waals surface area contributed by atoms with E-state index < -0.39 is 0 Å². The van der Waals surface area contributed by atoms with Crippen molar-refractivity contribution in [2.24, 2.45) is 5.73 Å². The first-order chi connectivity index (χ1) is 8.58. The Bertz CT molecular complexity index is 599. The molecule has 2 rings (SSSR count). The second kappa shape index (κ2) is 5.33. The summed E-state index contributed by atoms with van der Waals surface area (Å²) in [4.78, 5) is 4.54. The summed E-state index contributed by atoms with van der Waals surface area (Å²) in [5.41, 5.74) is 9.03. The normalized spacial score (nSPS) is 10.1. The zero-order valence-electron chi connectivity index (χ0n) is 9.77. The van der Waals surface area contributed by atoms with E-state index >= 15 is 0 Å². The van der Waals surface area contributed by atoms with Gasteiger partial charge in [-0.05, 0) is 37.3 Å². The molecule has 1 aromatic heterocycles. The molecule has 1 aromatic carbocycles. The van der Waals surface area contributed by atoms with Gasteiger partial charge in [0.25, 0.3) is 0 Å². The first kappa shape index (κ1) is 12.8. The Morgan fingerprint density at radius 1 is 1.33 bits per heavy atom. The van der Waals surface area contributed by atoms with Gasteiger partial charge in [-0.2, -0.15) is 0 Å². The fourth-order valence-electron chi connectivity index (χ4n) is 1.60. The third-order valence-corrected chi connectivity index (χ3v) is 2.98. The molecule has 3 nitrogen and oxygen atoms in total. The van der Waals surface area contributed by atoms with Gasteiger partial charge in [0.1, 0.15) is 4.99 Å². The number of aryl methyl sites for hydroxylation is 1. The lowest BCUT2D eigenvalue weighted by Crippen LogP contribution is -2.12. The SMILES string of the molecule is Cc1ncccc1Nc1cc(Cl)ccc1C(N)=S. The Labute approximate surface area is 116 Å². The highest BCUT2D eigenvalue weighted by atomic mass is 35.5. The molecule has 2 aromatic rings. The molecule has 3 N–H and O–H groups in total. The molecule has 0 saturated heterocycles. The van der Waals surface area contributed by atoms with Gasteiger partial charge in [-0.1, -0.05) is 23.8 Å². The van der Waals surface area contributed by atoms with Crippen molar-refractivity contribution in [2.75, 3.05) is 5.32 Å². The van der Waals surface area contributed by atoms with E-state index in [0.29, 0.717) is 10.0 Å². The molecule has 0 radical (unpaired) electrons. The summed E-state index contributed by atoms with van der Waals surface area (Å²) in [6.07, 6.45) is 1.74. The number of aromatic nitrogens is 1. The molecule has 0 unspecified atom stereocenters. The molecule has 0 aliphatic heterocycles. The lowest BCUT2D eigenvalue weighted by molar-refractivity contribution is 1.20. The summed E-state index contributed by atoms with van der Waals surface area (Å²) in [6, 6.07) is 9.16. The summed E-state index contributed by atoms with van der Waals surface area (Å²) in [7, 11) is 0. The van der Waals surface area contributed by atoms with Gasteiger partial charge in [0.05, 0.1) is 17.1 Å². The van der Waals surface area contributed by atoms with E-state index in [1.165, 1.54) is 0 Å². The highest BCUT2D eigenvalue weighted by Crippen LogP contribution is 2.25. The van der Waals surface area contributed by atoms with Gasteiger partial charge in [-0.3, -0.25) is 4.98 Å². The third-order valence-electron chi connectivity index (χ3n) is 2.52. The first-order valence-corrected chi connectivity index (χ1v) is 6.14. The summed E-state index contributed by atoms with van der Waals surface area (Å²) < 4.78 is 0. The maximum Gasteiger partial charge on any atom is 0.106 e. The van der Waals surface area contributed by atoms with Gasteiger partial charge in [0.2, 0.25) is 0 Å². The quantitative estimate of drug-likeness (QED) is 0.844. The van der Waals surface area contributed by atoms with Gasteiger partial charge in [-0.25, -0.2) is 0 Å². The molecule has 18 heavy (non-hydrogen) atoms. The topological polar surface area (TPSA) is 50.9 Å². The van der Waals surface area contributed by atoms with Crippen LogP contribution in [0.1, 0.15) is 11.3 Å². The van der Waals surface area contributed by atoms with Crippen LogP contribution in [0.25, 0.3) is 0 Å². The predicted octanol–water partition coefficient (Wildman–Crippen LogP) is 3.42. The van der Waals surface area contributed by atoms with E-state index in [1.807, 2.05) is 19.1 Å². The number of halogens is 1. The number of nitrogens with one attached hydrogen (secondary N) is 1. The van der Waals surface area contributed by atoms with Crippen LogP contribution in [0.4, 0.5) is 11.4 Å². The second-order valence-electron chi connectivity index (χ2n) is 3.82. The highest BCUT2D eigenvalue weighted by molar-refractivity contribution is 7.80. The average molecular weight is 278 g/mol. The van der Waals surface area contributed by atoms with Crippen LogP contribution in [0.2, 0.25) is 5.02 Å². The van der Waals surface area contributed by atoms with E-state index in [2.05, 4.69) is 10.3 Å². The van der Waals surface area contributed by atoms with E-state index in [0.717, 1.165) is 22.6 Å². The fraction of sp³-hybridized carbons (Fsp3) is 0.0769. The molecular formula is C13H12ClN3S. The van der Waals surface area contributed by atoms with Crippen LogP contribution in [-0.4, -0.2) is 9.97 Å². The second-order valence-corrected chi connectivity index (χ2v) is 4.69. The Balaban J connectivity index is 2.42. The zero-order chi connectivity index (χ0) is 13.1. The lowest BCUT2D eigenvalue weighted by atomic mass is 10.1. The number of rotatable bonds is 3. The standard InChI is InChI=1S/C13H12ClN3S/c1-8-11(3-2-6-16-8)17-12-7-9(14)4-5-10(12)13(15)18/h2-7,17H,1H3,(H2,15,18). The van der Waals surface area contributed by atoms with Crippen LogP contribution >= 0.6 is 23.8 Å². The molecular weight excluding hydrogens is 266 g/mol. The number of nitrogens with two attached hydrogens (primary N) is 1.